The van der Waals surface area contributed by atoms with Crippen LogP contribution in [0.1, 0.15) is 33.6 Å². The number of nitrogens with zero attached hydrogens (tertiary/aromatic N) is 2. The summed E-state index contributed by atoms with van der Waals surface area (Å²) in [6.45, 7) is 4.24. The monoisotopic (exact) mass is 499 g/mol. The van der Waals surface area contributed by atoms with E-state index in [9.17, 15) is 18.9 Å². The van der Waals surface area contributed by atoms with Gasteiger partial charge in [0.05, 0.1) is 33.0 Å². The molecule has 0 saturated carbocycles. The van der Waals surface area contributed by atoms with Crippen LogP contribution in [0.15, 0.2) is 4.76 Å². The SMILES string of the molecule is CCCOC(=O)OCCOP(=O)(/N=C(\N)N(C)CC(=O)OCC)OCCOC(=O)OCCC. The smallest absolute Gasteiger partial charge is 0.465 e. The topological polar surface area (TPSA) is 175 Å². The highest BCUT2D eigenvalue weighted by Crippen LogP contribution is 2.49. The summed E-state index contributed by atoms with van der Waals surface area (Å²) < 4.78 is 50.8. The van der Waals surface area contributed by atoms with Crippen LogP contribution in [0.4, 0.5) is 9.59 Å². The van der Waals surface area contributed by atoms with Gasteiger partial charge < -0.3 is 34.3 Å². The molecule has 0 saturated heterocycles. The highest BCUT2D eigenvalue weighted by Gasteiger charge is 2.27. The molecule has 0 bridgehead atoms. The molecule has 14 nitrogen and oxygen atoms in total. The fourth-order valence-corrected chi connectivity index (χ4v) is 2.99. The third-order valence-corrected chi connectivity index (χ3v) is 4.72. The molecule has 0 spiro atoms. The Morgan fingerprint density at radius 2 is 1.24 bits per heavy atom. The standard InChI is InChI=1S/C18H34N3O11P/c1-5-8-27-17(23)29-10-12-31-33(25,32-13-11-30-18(24)28-9-6-2)20-16(19)21(4)14-15(22)26-7-3/h5-14H2,1-4H3,(H2,19,20,25). The van der Waals surface area contributed by atoms with E-state index in [4.69, 9.17) is 38.5 Å². The van der Waals surface area contributed by atoms with Crippen molar-refractivity contribution >= 4 is 32.0 Å². The molecule has 2 N–H and O–H groups in total. The van der Waals surface area contributed by atoms with Crippen LogP contribution in [-0.4, -0.2) is 89.0 Å². The molecule has 0 atom stereocenters. The molecule has 0 aromatic heterocycles. The highest BCUT2D eigenvalue weighted by atomic mass is 31.2. The van der Waals surface area contributed by atoms with E-state index in [1.54, 1.807) is 6.92 Å². The normalized spacial score (nSPS) is 11.5. The first-order chi connectivity index (χ1) is 15.7. The third kappa shape index (κ3) is 15.8. The van der Waals surface area contributed by atoms with Crippen molar-refractivity contribution in [2.45, 2.75) is 33.6 Å². The zero-order valence-electron chi connectivity index (χ0n) is 19.5. The van der Waals surface area contributed by atoms with E-state index in [1.807, 2.05) is 13.8 Å². The Bertz CT molecular complexity index is 643. The number of ether oxygens (including phenoxy) is 5. The largest absolute Gasteiger partial charge is 0.508 e. The van der Waals surface area contributed by atoms with Crippen molar-refractivity contribution in [3.8, 4) is 0 Å². The minimum Gasteiger partial charge on any atom is -0.465 e. The fraction of sp³-hybridized carbons (Fsp3) is 0.778. The molecule has 192 valence electrons. The number of hydrogen-bond donors (Lipinski definition) is 1. The van der Waals surface area contributed by atoms with E-state index in [2.05, 4.69) is 4.76 Å². The molecule has 0 aliphatic rings. The van der Waals surface area contributed by atoms with Gasteiger partial charge in [-0.25, -0.2) is 14.2 Å². The Morgan fingerprint density at radius 1 is 0.788 bits per heavy atom. The van der Waals surface area contributed by atoms with Crippen LogP contribution in [0.25, 0.3) is 0 Å². The first-order valence-electron chi connectivity index (χ1n) is 10.4. The van der Waals surface area contributed by atoms with Gasteiger partial charge in [-0.1, -0.05) is 13.8 Å². The summed E-state index contributed by atoms with van der Waals surface area (Å²) in [4.78, 5) is 35.5. The lowest BCUT2D eigenvalue weighted by atomic mass is 10.5. The molecule has 0 aliphatic carbocycles. The van der Waals surface area contributed by atoms with E-state index in [-0.39, 0.29) is 58.8 Å². The predicted molar refractivity (Wildman–Crippen MR) is 116 cm³/mol. The molecule has 0 fully saturated rings. The Morgan fingerprint density at radius 3 is 1.67 bits per heavy atom. The van der Waals surface area contributed by atoms with Gasteiger partial charge in [-0.3, -0.25) is 13.8 Å². The molecule has 0 aromatic rings. The van der Waals surface area contributed by atoms with E-state index >= 15 is 0 Å². The van der Waals surface area contributed by atoms with Gasteiger partial charge in [0.1, 0.15) is 19.8 Å². The number of likely N-dealkylation sites (N-methyl/N-ethyl adjacent to an activating group) is 1. The second-order valence-electron chi connectivity index (χ2n) is 6.15. The number of carbonyl (C=O) groups is 3. The number of rotatable bonds is 16. The molecule has 0 aliphatic heterocycles. The molecule has 0 aromatic carbocycles. The molecule has 0 amide bonds. The van der Waals surface area contributed by atoms with E-state index < -0.39 is 26.0 Å². The molecule has 0 unspecified atom stereocenters. The van der Waals surface area contributed by atoms with Gasteiger partial charge >= 0.3 is 26.0 Å². The summed E-state index contributed by atoms with van der Waals surface area (Å²) in [5, 5.41) is 0. The maximum absolute atomic E-state index is 13.0. The van der Waals surface area contributed by atoms with Crippen LogP contribution in [0.5, 0.6) is 0 Å². The maximum atomic E-state index is 13.0. The number of carbonyl (C=O) groups excluding carboxylic acids is 3. The Labute approximate surface area is 193 Å². The van der Waals surface area contributed by atoms with Crippen molar-refractivity contribution in [1.29, 1.82) is 0 Å². The van der Waals surface area contributed by atoms with Crippen molar-refractivity contribution in [3.63, 3.8) is 0 Å². The Balaban J connectivity index is 4.94. The van der Waals surface area contributed by atoms with Crippen LogP contribution in [0.3, 0.4) is 0 Å². The molecular weight excluding hydrogens is 465 g/mol. The number of nitrogens with two attached hydrogens (primary N) is 1. The van der Waals surface area contributed by atoms with E-state index in [1.165, 1.54) is 11.9 Å². The van der Waals surface area contributed by atoms with Crippen molar-refractivity contribution in [2.24, 2.45) is 10.5 Å². The van der Waals surface area contributed by atoms with Crippen molar-refractivity contribution in [1.82, 2.24) is 4.90 Å². The van der Waals surface area contributed by atoms with Gasteiger partial charge in [-0.15, -0.1) is 4.76 Å². The Kier molecular flexibility index (Phi) is 16.5. The fourth-order valence-electron chi connectivity index (χ4n) is 1.79. The first kappa shape index (κ1) is 30.4. The van der Waals surface area contributed by atoms with Crippen molar-refractivity contribution in [3.05, 3.63) is 0 Å². The van der Waals surface area contributed by atoms with Gasteiger partial charge in [0, 0.05) is 7.05 Å². The predicted octanol–water partition coefficient (Wildman–Crippen LogP) is 2.06. The summed E-state index contributed by atoms with van der Waals surface area (Å²) in [5.74, 6) is -0.911. The lowest BCUT2D eigenvalue weighted by molar-refractivity contribution is -0.143. The lowest BCUT2D eigenvalue weighted by Gasteiger charge is -2.20. The van der Waals surface area contributed by atoms with E-state index in [0.717, 1.165) is 0 Å². The van der Waals surface area contributed by atoms with Crippen LogP contribution < -0.4 is 5.73 Å². The van der Waals surface area contributed by atoms with Crippen LogP contribution in [-0.2, 0) is 42.1 Å². The Hall–Kier alpha value is -2.57. The second kappa shape index (κ2) is 17.9. The minimum absolute atomic E-state index is 0.176. The van der Waals surface area contributed by atoms with Gasteiger partial charge in [0.25, 0.3) is 0 Å². The average Bonchev–Trinajstić information content (AvgIpc) is 2.77. The van der Waals surface area contributed by atoms with Crippen LogP contribution in [0, 0.1) is 0 Å². The summed E-state index contributed by atoms with van der Waals surface area (Å²) in [6.07, 6.45) is -0.578. The van der Waals surface area contributed by atoms with Gasteiger partial charge in [-0.05, 0) is 19.8 Å². The summed E-state index contributed by atoms with van der Waals surface area (Å²) in [5.41, 5.74) is 5.79. The lowest BCUT2D eigenvalue weighted by Crippen LogP contribution is -2.38. The zero-order chi connectivity index (χ0) is 25.1. The molecule has 0 heterocycles. The number of guanidine groups is 1. The van der Waals surface area contributed by atoms with Gasteiger partial charge in [0.15, 0.2) is 0 Å². The minimum atomic E-state index is -4.25. The molecule has 0 radical (unpaired) electrons. The number of esters is 1. The molecule has 15 heteroatoms. The van der Waals surface area contributed by atoms with Crippen LogP contribution in [0.2, 0.25) is 0 Å². The summed E-state index contributed by atoms with van der Waals surface area (Å²) in [6, 6.07) is 0. The van der Waals surface area contributed by atoms with E-state index in [0.29, 0.717) is 12.8 Å². The van der Waals surface area contributed by atoms with Crippen LogP contribution >= 0.6 is 7.75 Å². The summed E-state index contributed by atoms with van der Waals surface area (Å²) >= 11 is 0. The quantitative estimate of drug-likeness (QED) is 0.0816. The average molecular weight is 499 g/mol. The van der Waals surface area contributed by atoms with Crippen molar-refractivity contribution < 1.29 is 51.7 Å². The number of hydrogen-bond acceptors (Lipinski definition) is 11. The third-order valence-electron chi connectivity index (χ3n) is 3.25. The maximum Gasteiger partial charge on any atom is 0.508 e. The summed E-state index contributed by atoms with van der Waals surface area (Å²) in [7, 11) is -2.83. The molecular formula is C18H34N3O11P. The zero-order valence-corrected chi connectivity index (χ0v) is 20.4. The highest BCUT2D eigenvalue weighted by molar-refractivity contribution is 7.52. The van der Waals surface area contributed by atoms with Gasteiger partial charge in [-0.2, -0.15) is 0 Å². The second-order valence-corrected chi connectivity index (χ2v) is 7.80. The molecule has 0 rings (SSSR count). The van der Waals surface area contributed by atoms with Crippen molar-refractivity contribution in [2.75, 3.05) is 59.8 Å². The van der Waals surface area contributed by atoms with Gasteiger partial charge in [0.2, 0.25) is 5.96 Å². The first-order valence-corrected chi connectivity index (χ1v) is 11.9. The molecule has 33 heavy (non-hydrogen) atoms.